The lowest BCUT2D eigenvalue weighted by molar-refractivity contribution is 0.0699. The monoisotopic (exact) mass is 203 g/mol. The largest absolute Gasteiger partial charge is 0.492 e. The van der Waals surface area contributed by atoms with Crippen molar-refractivity contribution in [2.45, 2.75) is 6.42 Å². The molecule has 0 unspecified atom stereocenters. The zero-order valence-corrected chi connectivity index (χ0v) is 7.80. The minimum absolute atomic E-state index is 0.119. The second-order valence-corrected chi connectivity index (χ2v) is 3.39. The molecular weight excluding hydrogens is 194 g/mol. The van der Waals surface area contributed by atoms with Crippen molar-refractivity contribution in [3.63, 3.8) is 0 Å². The second kappa shape index (κ2) is 4.20. The summed E-state index contributed by atoms with van der Waals surface area (Å²) in [6.07, 6.45) is 0.516. The van der Waals surface area contributed by atoms with Gasteiger partial charge in [-0.05, 0) is 0 Å². The van der Waals surface area contributed by atoms with Gasteiger partial charge in [-0.2, -0.15) is 0 Å². The van der Waals surface area contributed by atoms with Gasteiger partial charge in [-0.1, -0.05) is 0 Å². The summed E-state index contributed by atoms with van der Waals surface area (Å²) < 4.78 is 4.79. The third-order valence-electron chi connectivity index (χ3n) is 1.37. The van der Waals surface area contributed by atoms with E-state index >= 15 is 0 Å². The third kappa shape index (κ3) is 2.40. The van der Waals surface area contributed by atoms with Gasteiger partial charge in [0, 0.05) is 13.5 Å². The number of hydrogen-bond donors (Lipinski definition) is 2. The summed E-state index contributed by atoms with van der Waals surface area (Å²) >= 11 is 0.967. The van der Waals surface area contributed by atoms with Crippen LogP contribution in [-0.4, -0.2) is 34.9 Å². The Bertz CT molecular complexity index is 309. The van der Waals surface area contributed by atoms with Crippen LogP contribution in [0.25, 0.3) is 0 Å². The fourth-order valence-corrected chi connectivity index (χ4v) is 1.57. The Hall–Kier alpha value is -1.14. The first-order chi connectivity index (χ1) is 6.15. The molecule has 0 radical (unpaired) electrons. The molecule has 0 bridgehead atoms. The van der Waals surface area contributed by atoms with Crippen molar-refractivity contribution in [3.8, 4) is 5.88 Å². The van der Waals surface area contributed by atoms with Crippen LogP contribution in [0.1, 0.15) is 14.7 Å². The molecule has 1 aromatic rings. The molecule has 0 aliphatic carbocycles. The van der Waals surface area contributed by atoms with Gasteiger partial charge in [-0.25, -0.2) is 9.78 Å². The Kier molecular flexibility index (Phi) is 3.21. The van der Waals surface area contributed by atoms with E-state index in [2.05, 4.69) is 4.98 Å². The van der Waals surface area contributed by atoms with E-state index in [-0.39, 0.29) is 4.88 Å². The lowest BCUT2D eigenvalue weighted by Gasteiger charge is -1.91. The average molecular weight is 203 g/mol. The van der Waals surface area contributed by atoms with Gasteiger partial charge >= 0.3 is 5.97 Å². The molecule has 13 heavy (non-hydrogen) atoms. The number of hydrogen-bond acceptors (Lipinski definition) is 5. The van der Waals surface area contributed by atoms with Crippen LogP contribution in [0.4, 0.5) is 0 Å². The third-order valence-corrected chi connectivity index (χ3v) is 2.46. The van der Waals surface area contributed by atoms with Crippen LogP contribution < -0.4 is 0 Å². The Morgan fingerprint density at radius 1 is 1.69 bits per heavy atom. The summed E-state index contributed by atoms with van der Waals surface area (Å²) in [5.74, 6) is -1.57. The van der Waals surface area contributed by atoms with Crippen molar-refractivity contribution in [1.82, 2.24) is 4.98 Å². The Balaban J connectivity index is 2.76. The molecule has 0 atom stereocenters. The number of aromatic carboxylic acids is 1. The molecule has 1 rings (SSSR count). The van der Waals surface area contributed by atoms with Crippen molar-refractivity contribution < 1.29 is 19.7 Å². The predicted molar refractivity (Wildman–Crippen MR) is 46.3 cm³/mol. The maximum atomic E-state index is 10.5. The van der Waals surface area contributed by atoms with E-state index in [0.29, 0.717) is 18.0 Å². The smallest absolute Gasteiger partial charge is 0.351 e. The van der Waals surface area contributed by atoms with Gasteiger partial charge in [0.15, 0.2) is 4.88 Å². The van der Waals surface area contributed by atoms with E-state index in [9.17, 15) is 4.79 Å². The van der Waals surface area contributed by atoms with Crippen LogP contribution in [0.3, 0.4) is 0 Å². The SMILES string of the molecule is COCCc1nc(O)c(C(=O)O)s1. The molecule has 0 spiro atoms. The van der Waals surface area contributed by atoms with Crippen LogP contribution in [-0.2, 0) is 11.2 Å². The number of aromatic hydroxyl groups is 1. The van der Waals surface area contributed by atoms with Crippen LogP contribution in [0.5, 0.6) is 5.88 Å². The van der Waals surface area contributed by atoms with E-state index in [0.717, 1.165) is 11.3 Å². The Labute approximate surface area is 78.6 Å². The van der Waals surface area contributed by atoms with E-state index in [1.54, 1.807) is 7.11 Å². The van der Waals surface area contributed by atoms with Gasteiger partial charge in [0.25, 0.3) is 0 Å². The maximum absolute atomic E-state index is 10.5. The summed E-state index contributed by atoms with van der Waals surface area (Å²) in [6.45, 7) is 0.464. The van der Waals surface area contributed by atoms with E-state index in [4.69, 9.17) is 14.9 Å². The van der Waals surface area contributed by atoms with Crippen molar-refractivity contribution >= 4 is 17.3 Å². The molecule has 72 valence electrons. The topological polar surface area (TPSA) is 79.7 Å². The Morgan fingerprint density at radius 2 is 2.38 bits per heavy atom. The highest BCUT2D eigenvalue weighted by atomic mass is 32.1. The van der Waals surface area contributed by atoms with Crippen molar-refractivity contribution in [2.75, 3.05) is 13.7 Å². The minimum Gasteiger partial charge on any atom is -0.492 e. The molecule has 0 fully saturated rings. The molecule has 0 saturated heterocycles. The van der Waals surface area contributed by atoms with Crippen molar-refractivity contribution in [3.05, 3.63) is 9.88 Å². The fourth-order valence-electron chi connectivity index (χ4n) is 0.791. The predicted octanol–water partition coefficient (Wildman–Crippen LogP) is 0.736. The van der Waals surface area contributed by atoms with Gasteiger partial charge in [-0.3, -0.25) is 0 Å². The number of carboxylic acids is 1. The van der Waals surface area contributed by atoms with E-state index in [1.165, 1.54) is 0 Å². The first-order valence-corrected chi connectivity index (χ1v) is 4.37. The lowest BCUT2D eigenvalue weighted by atomic mass is 10.5. The number of thiazole rings is 1. The molecule has 1 heterocycles. The first-order valence-electron chi connectivity index (χ1n) is 3.56. The summed E-state index contributed by atoms with van der Waals surface area (Å²) in [5.41, 5.74) is 0. The lowest BCUT2D eigenvalue weighted by Crippen LogP contribution is -1.92. The number of rotatable bonds is 4. The molecule has 1 aromatic heterocycles. The Morgan fingerprint density at radius 3 is 2.85 bits per heavy atom. The quantitative estimate of drug-likeness (QED) is 0.754. The highest BCUT2D eigenvalue weighted by Gasteiger charge is 2.15. The number of aromatic nitrogens is 1. The molecular formula is C7H9NO4S. The molecule has 0 aliphatic rings. The van der Waals surface area contributed by atoms with Gasteiger partial charge in [0.2, 0.25) is 5.88 Å². The number of methoxy groups -OCH3 is 1. The van der Waals surface area contributed by atoms with Crippen LogP contribution >= 0.6 is 11.3 Å². The highest BCUT2D eigenvalue weighted by molar-refractivity contribution is 7.13. The highest BCUT2D eigenvalue weighted by Crippen LogP contribution is 2.24. The minimum atomic E-state index is -1.15. The summed E-state index contributed by atoms with van der Waals surface area (Å²) in [4.78, 5) is 14.1. The summed E-state index contributed by atoms with van der Waals surface area (Å²) in [5, 5.41) is 18.2. The first kappa shape index (κ1) is 9.94. The zero-order valence-electron chi connectivity index (χ0n) is 6.98. The van der Waals surface area contributed by atoms with Crippen LogP contribution in [0.15, 0.2) is 0 Å². The van der Waals surface area contributed by atoms with Gasteiger partial charge in [-0.15, -0.1) is 11.3 Å². The molecule has 0 amide bonds. The second-order valence-electron chi connectivity index (χ2n) is 2.31. The number of ether oxygens (including phenoxy) is 1. The number of carbonyl (C=O) groups is 1. The molecule has 6 heteroatoms. The van der Waals surface area contributed by atoms with Gasteiger partial charge in [0.05, 0.1) is 11.6 Å². The van der Waals surface area contributed by atoms with Crippen LogP contribution in [0.2, 0.25) is 0 Å². The molecule has 5 nitrogen and oxygen atoms in total. The fraction of sp³-hybridized carbons (Fsp3) is 0.429. The standard InChI is InChI=1S/C7H9NO4S/c1-12-3-2-4-8-6(9)5(13-4)7(10)11/h9H,2-3H2,1H3,(H,10,11). The molecule has 2 N–H and O–H groups in total. The maximum Gasteiger partial charge on any atom is 0.351 e. The number of nitrogens with zero attached hydrogens (tertiary/aromatic N) is 1. The van der Waals surface area contributed by atoms with E-state index < -0.39 is 11.8 Å². The molecule has 0 saturated carbocycles. The van der Waals surface area contributed by atoms with Crippen LogP contribution in [0, 0.1) is 0 Å². The normalized spacial score (nSPS) is 10.2. The van der Waals surface area contributed by atoms with E-state index in [1.807, 2.05) is 0 Å². The summed E-state index contributed by atoms with van der Waals surface area (Å²) in [6, 6.07) is 0. The molecule has 0 aromatic carbocycles. The average Bonchev–Trinajstić information content (AvgIpc) is 2.43. The van der Waals surface area contributed by atoms with Crippen molar-refractivity contribution in [2.24, 2.45) is 0 Å². The van der Waals surface area contributed by atoms with Gasteiger partial charge in [0.1, 0.15) is 0 Å². The number of carboxylic acid groups (broad SMARTS) is 1. The zero-order chi connectivity index (χ0) is 9.84. The molecule has 0 aliphatic heterocycles. The van der Waals surface area contributed by atoms with Crippen molar-refractivity contribution in [1.29, 1.82) is 0 Å². The van der Waals surface area contributed by atoms with Gasteiger partial charge < -0.3 is 14.9 Å². The summed E-state index contributed by atoms with van der Waals surface area (Å²) in [7, 11) is 1.55.